The number of rotatable bonds is 9. The van der Waals surface area contributed by atoms with E-state index >= 15 is 0 Å². The lowest BCUT2D eigenvalue weighted by Crippen LogP contribution is -2.45. The molecular formula is C29H37F3N4O5. The van der Waals surface area contributed by atoms with Crippen molar-refractivity contribution in [2.45, 2.75) is 71.8 Å². The second-order valence-corrected chi connectivity index (χ2v) is 11.3. The van der Waals surface area contributed by atoms with Crippen molar-refractivity contribution in [3.8, 4) is 5.75 Å². The number of carboxylic acid groups (broad SMARTS) is 1. The van der Waals surface area contributed by atoms with Crippen LogP contribution in [0.5, 0.6) is 5.75 Å². The Morgan fingerprint density at radius 1 is 1.02 bits per heavy atom. The number of nitrogen functional groups attached to an aromatic ring is 1. The Bertz CT molecular complexity index is 1220. The number of hydrogen-bond acceptors (Lipinski definition) is 5. The summed E-state index contributed by atoms with van der Waals surface area (Å²) in [6, 6.07) is 9.43. The molecule has 1 aliphatic carbocycles. The summed E-state index contributed by atoms with van der Waals surface area (Å²) >= 11 is 0. The maximum Gasteiger partial charge on any atom is 0.573 e. The van der Waals surface area contributed by atoms with Crippen molar-refractivity contribution in [2.24, 2.45) is 11.3 Å². The first-order valence-electron chi connectivity index (χ1n) is 13.4. The van der Waals surface area contributed by atoms with Crippen LogP contribution in [0.2, 0.25) is 0 Å². The molecule has 0 heterocycles. The monoisotopic (exact) mass is 578 g/mol. The maximum atomic E-state index is 13.6. The highest BCUT2D eigenvalue weighted by atomic mass is 19.4. The molecule has 1 fully saturated rings. The fourth-order valence-corrected chi connectivity index (χ4v) is 5.00. The predicted octanol–water partition coefficient (Wildman–Crippen LogP) is 6.01. The number of ether oxygens (including phenoxy) is 1. The molecule has 3 rings (SSSR count). The van der Waals surface area contributed by atoms with Gasteiger partial charge in [-0.3, -0.25) is 9.59 Å². The highest BCUT2D eigenvalue weighted by Gasteiger charge is 2.35. The molecule has 224 valence electrons. The summed E-state index contributed by atoms with van der Waals surface area (Å²) in [5.41, 5.74) is 6.70. The van der Waals surface area contributed by atoms with Gasteiger partial charge in [-0.05, 0) is 66.8 Å². The van der Waals surface area contributed by atoms with E-state index in [1.165, 1.54) is 12.1 Å². The quantitative estimate of drug-likeness (QED) is 0.269. The third kappa shape index (κ3) is 9.58. The van der Waals surface area contributed by atoms with Gasteiger partial charge in [0.05, 0.1) is 12.1 Å². The first kappa shape index (κ1) is 31.6. The van der Waals surface area contributed by atoms with E-state index in [0.717, 1.165) is 31.7 Å². The molecule has 0 spiro atoms. The lowest BCUT2D eigenvalue weighted by molar-refractivity contribution is -0.274. The Morgan fingerprint density at radius 3 is 2.22 bits per heavy atom. The van der Waals surface area contributed by atoms with Crippen LogP contribution in [0.1, 0.15) is 68.8 Å². The number of amides is 3. The summed E-state index contributed by atoms with van der Waals surface area (Å²) in [7, 11) is 0. The van der Waals surface area contributed by atoms with Gasteiger partial charge in [-0.1, -0.05) is 32.9 Å². The van der Waals surface area contributed by atoms with Gasteiger partial charge in [0, 0.05) is 36.4 Å². The molecule has 2 aromatic carbocycles. The van der Waals surface area contributed by atoms with Gasteiger partial charge in [0.25, 0.3) is 5.91 Å². The molecule has 0 bridgehead atoms. The van der Waals surface area contributed by atoms with E-state index in [9.17, 15) is 27.6 Å². The van der Waals surface area contributed by atoms with Crippen LogP contribution < -0.4 is 21.1 Å². The normalized spacial score (nSPS) is 17.4. The first-order chi connectivity index (χ1) is 19.1. The van der Waals surface area contributed by atoms with Gasteiger partial charge < -0.3 is 31.1 Å². The summed E-state index contributed by atoms with van der Waals surface area (Å²) < 4.78 is 43.1. The van der Waals surface area contributed by atoms with E-state index in [1.54, 1.807) is 29.2 Å². The van der Waals surface area contributed by atoms with Crippen LogP contribution in [0.4, 0.5) is 29.3 Å². The minimum absolute atomic E-state index is 0.00766. The molecule has 0 atom stereocenters. The predicted molar refractivity (Wildman–Crippen MR) is 148 cm³/mol. The average Bonchev–Trinajstić information content (AvgIpc) is 2.87. The van der Waals surface area contributed by atoms with Crippen molar-refractivity contribution in [2.75, 3.05) is 17.6 Å². The van der Waals surface area contributed by atoms with Gasteiger partial charge >= 0.3 is 18.4 Å². The molecule has 9 nitrogen and oxygen atoms in total. The molecule has 0 aromatic heterocycles. The summed E-state index contributed by atoms with van der Waals surface area (Å²) in [5.74, 6) is -1.58. The molecule has 0 saturated heterocycles. The Labute approximate surface area is 237 Å². The summed E-state index contributed by atoms with van der Waals surface area (Å²) in [6.07, 6.45) is -1.91. The lowest BCUT2D eigenvalue weighted by Gasteiger charge is -2.41. The van der Waals surface area contributed by atoms with E-state index in [2.05, 4.69) is 36.1 Å². The lowest BCUT2D eigenvalue weighted by atomic mass is 9.71. The average molecular weight is 579 g/mol. The molecule has 41 heavy (non-hydrogen) atoms. The second-order valence-electron chi connectivity index (χ2n) is 11.3. The summed E-state index contributed by atoms with van der Waals surface area (Å²) in [6.45, 7) is 6.70. The third-order valence-electron chi connectivity index (χ3n) is 7.29. The number of anilines is 2. The van der Waals surface area contributed by atoms with Crippen LogP contribution >= 0.6 is 0 Å². The topological polar surface area (TPSA) is 134 Å². The van der Waals surface area contributed by atoms with E-state index in [-0.39, 0.29) is 42.3 Å². The minimum atomic E-state index is -4.97. The van der Waals surface area contributed by atoms with Gasteiger partial charge in [-0.25, -0.2) is 4.79 Å². The van der Waals surface area contributed by atoms with Crippen LogP contribution in [0, 0.1) is 11.3 Å². The first-order valence-corrected chi connectivity index (χ1v) is 13.4. The van der Waals surface area contributed by atoms with Crippen LogP contribution in [0.25, 0.3) is 0 Å². The largest absolute Gasteiger partial charge is 0.573 e. The molecule has 0 unspecified atom stereocenters. The van der Waals surface area contributed by atoms with E-state index < -0.39 is 30.0 Å². The Balaban J connectivity index is 1.80. The fraction of sp³-hybridized carbons (Fsp3) is 0.483. The molecular weight excluding hydrogens is 541 g/mol. The molecule has 1 aliphatic rings. The smallest absolute Gasteiger partial charge is 0.481 e. The Hall–Kier alpha value is -3.96. The van der Waals surface area contributed by atoms with Gasteiger partial charge in [0.1, 0.15) is 0 Å². The highest BCUT2D eigenvalue weighted by Crippen LogP contribution is 2.40. The van der Waals surface area contributed by atoms with E-state index in [1.807, 2.05) is 0 Å². The number of halogens is 3. The van der Waals surface area contributed by atoms with Gasteiger partial charge in [-0.15, -0.1) is 13.2 Å². The SMILES string of the molecule is CC(C)(C)C1CCC(N(Cc2ccc(C(=O)NCCC(=O)O)cc2)C(=O)Nc2ccc(N)cc2OC(F)(F)F)CC1. The molecule has 5 N–H and O–H groups in total. The number of alkyl halides is 3. The van der Waals surface area contributed by atoms with Crippen LogP contribution in [-0.2, 0) is 11.3 Å². The zero-order valence-electron chi connectivity index (χ0n) is 23.4. The van der Waals surface area contributed by atoms with Gasteiger partial charge in [-0.2, -0.15) is 0 Å². The molecule has 0 radical (unpaired) electrons. The van der Waals surface area contributed by atoms with Crippen molar-refractivity contribution >= 4 is 29.3 Å². The number of carbonyl (C=O) groups excluding carboxylic acids is 2. The zero-order chi connectivity index (χ0) is 30.4. The van der Waals surface area contributed by atoms with Crippen LogP contribution in [0.3, 0.4) is 0 Å². The van der Waals surface area contributed by atoms with E-state index in [4.69, 9.17) is 10.8 Å². The number of aliphatic carboxylic acids is 1. The Morgan fingerprint density at radius 2 is 1.66 bits per heavy atom. The van der Waals surface area contributed by atoms with E-state index in [0.29, 0.717) is 17.0 Å². The Kier molecular flexibility index (Phi) is 10.1. The van der Waals surface area contributed by atoms with Gasteiger partial charge in [0.2, 0.25) is 0 Å². The number of urea groups is 1. The van der Waals surface area contributed by atoms with Crippen LogP contribution in [-0.4, -0.2) is 46.9 Å². The number of carboxylic acids is 1. The number of nitrogens with zero attached hydrogens (tertiary/aromatic N) is 1. The van der Waals surface area contributed by atoms with Crippen molar-refractivity contribution in [1.29, 1.82) is 0 Å². The third-order valence-corrected chi connectivity index (χ3v) is 7.29. The zero-order valence-corrected chi connectivity index (χ0v) is 23.4. The van der Waals surface area contributed by atoms with Crippen molar-refractivity contribution in [3.63, 3.8) is 0 Å². The number of carbonyl (C=O) groups is 3. The molecule has 12 heteroatoms. The number of nitrogens with two attached hydrogens (primary N) is 1. The highest BCUT2D eigenvalue weighted by molar-refractivity contribution is 5.94. The van der Waals surface area contributed by atoms with Crippen molar-refractivity contribution < 1.29 is 37.4 Å². The number of benzene rings is 2. The van der Waals surface area contributed by atoms with Crippen LogP contribution in [0.15, 0.2) is 42.5 Å². The molecule has 1 saturated carbocycles. The van der Waals surface area contributed by atoms with Crippen molar-refractivity contribution in [1.82, 2.24) is 10.2 Å². The van der Waals surface area contributed by atoms with Gasteiger partial charge in [0.15, 0.2) is 5.75 Å². The van der Waals surface area contributed by atoms with Crippen molar-refractivity contribution in [3.05, 3.63) is 53.6 Å². The maximum absolute atomic E-state index is 13.6. The fourth-order valence-electron chi connectivity index (χ4n) is 5.00. The number of hydrogen-bond donors (Lipinski definition) is 4. The second kappa shape index (κ2) is 13.1. The molecule has 3 amide bonds. The standard InChI is InChI=1S/C29H37F3N4O5/c1-28(2,3)20-8-11-22(12-9-20)36(17-18-4-6-19(7-5-18)26(39)34-15-14-25(37)38)27(40)35-23-13-10-21(33)16-24(23)41-29(30,31)32/h4-7,10,13,16,20,22H,8-9,11-12,14-15,17,33H2,1-3H3,(H,34,39)(H,35,40)(H,37,38). The molecule has 2 aromatic rings. The minimum Gasteiger partial charge on any atom is -0.481 e. The summed E-state index contributed by atoms with van der Waals surface area (Å²) in [5, 5.41) is 13.9. The summed E-state index contributed by atoms with van der Waals surface area (Å²) in [4.78, 5) is 38.2. The molecule has 0 aliphatic heterocycles. The number of nitrogens with one attached hydrogen (secondary N) is 2.